The zero-order valence-electron chi connectivity index (χ0n) is 11.3. The summed E-state index contributed by atoms with van der Waals surface area (Å²) < 4.78 is 28.5. The number of halogens is 1. The van der Waals surface area contributed by atoms with E-state index in [9.17, 15) is 8.42 Å². The number of aromatic nitrogens is 2. The molecule has 1 saturated carbocycles. The third-order valence-corrected chi connectivity index (χ3v) is 6.29. The molecular formula is C13H16ClN3O2S. The van der Waals surface area contributed by atoms with Gasteiger partial charge in [-0.1, -0.05) is 17.7 Å². The van der Waals surface area contributed by atoms with Crippen LogP contribution in [0, 0.1) is 5.92 Å². The summed E-state index contributed by atoms with van der Waals surface area (Å²) in [7, 11) is -2.05. The van der Waals surface area contributed by atoms with Gasteiger partial charge in [0.25, 0.3) is 10.0 Å². The molecule has 0 aromatic carbocycles. The lowest BCUT2D eigenvalue weighted by molar-refractivity contribution is 0.355. The molecule has 3 rings (SSSR count). The first-order valence-corrected chi connectivity index (χ1v) is 8.35. The van der Waals surface area contributed by atoms with Crippen LogP contribution in [0.5, 0.6) is 0 Å². The van der Waals surface area contributed by atoms with Crippen LogP contribution in [0.25, 0.3) is 5.65 Å². The monoisotopic (exact) mass is 313 g/mol. The van der Waals surface area contributed by atoms with E-state index in [2.05, 4.69) is 4.98 Å². The van der Waals surface area contributed by atoms with Crippen molar-refractivity contribution in [1.29, 1.82) is 0 Å². The second kappa shape index (κ2) is 4.72. The van der Waals surface area contributed by atoms with Crippen LogP contribution in [0.15, 0.2) is 29.4 Å². The Hall–Kier alpha value is -1.11. The lowest BCUT2D eigenvalue weighted by atomic mass is 10.2. The predicted molar refractivity (Wildman–Crippen MR) is 77.3 cm³/mol. The summed E-state index contributed by atoms with van der Waals surface area (Å²) in [5.41, 5.74) is 0.531. The van der Waals surface area contributed by atoms with Crippen LogP contribution in [-0.2, 0) is 10.0 Å². The molecule has 2 aromatic heterocycles. The van der Waals surface area contributed by atoms with Crippen LogP contribution in [0.2, 0.25) is 5.15 Å². The molecule has 5 nitrogen and oxygen atoms in total. The van der Waals surface area contributed by atoms with Crippen LogP contribution in [0.1, 0.15) is 19.8 Å². The number of sulfonamides is 1. The van der Waals surface area contributed by atoms with E-state index in [4.69, 9.17) is 11.6 Å². The zero-order valence-corrected chi connectivity index (χ0v) is 12.9. The van der Waals surface area contributed by atoms with E-state index in [1.54, 1.807) is 31.4 Å². The highest BCUT2D eigenvalue weighted by molar-refractivity contribution is 7.89. The van der Waals surface area contributed by atoms with E-state index in [1.807, 2.05) is 6.92 Å². The third kappa shape index (κ3) is 2.12. The molecule has 0 spiro atoms. The summed E-state index contributed by atoms with van der Waals surface area (Å²) in [5, 5.41) is 0.0656. The molecule has 7 heteroatoms. The van der Waals surface area contributed by atoms with E-state index < -0.39 is 10.0 Å². The first-order valence-electron chi connectivity index (χ1n) is 6.53. The molecule has 0 amide bonds. The number of hydrogen-bond acceptors (Lipinski definition) is 3. The number of fused-ring (bicyclic) bond motifs is 1. The van der Waals surface area contributed by atoms with E-state index in [-0.39, 0.29) is 16.2 Å². The normalized spacial score (nSPS) is 17.8. The summed E-state index contributed by atoms with van der Waals surface area (Å²) in [5.74, 6) is 0.452. The van der Waals surface area contributed by atoms with Gasteiger partial charge in [0, 0.05) is 19.3 Å². The Bertz CT molecular complexity index is 752. The fourth-order valence-electron chi connectivity index (χ4n) is 2.41. The van der Waals surface area contributed by atoms with E-state index >= 15 is 0 Å². The van der Waals surface area contributed by atoms with Crippen LogP contribution >= 0.6 is 11.6 Å². The van der Waals surface area contributed by atoms with Crippen molar-refractivity contribution in [3.8, 4) is 0 Å². The van der Waals surface area contributed by atoms with E-state index in [0.717, 1.165) is 12.8 Å². The van der Waals surface area contributed by atoms with Crippen LogP contribution in [0.4, 0.5) is 0 Å². The van der Waals surface area contributed by atoms with Crippen molar-refractivity contribution in [2.24, 2.45) is 5.92 Å². The summed E-state index contributed by atoms with van der Waals surface area (Å²) in [6.07, 6.45) is 3.83. The maximum absolute atomic E-state index is 12.8. The van der Waals surface area contributed by atoms with Crippen molar-refractivity contribution in [2.75, 3.05) is 7.05 Å². The summed E-state index contributed by atoms with van der Waals surface area (Å²) in [6, 6.07) is 5.26. The lowest BCUT2D eigenvalue weighted by Gasteiger charge is -2.23. The molecule has 1 aliphatic carbocycles. The maximum atomic E-state index is 12.8. The molecule has 0 bridgehead atoms. The van der Waals surface area contributed by atoms with Gasteiger partial charge in [0.1, 0.15) is 5.65 Å². The predicted octanol–water partition coefficient (Wildman–Crippen LogP) is 2.41. The molecule has 0 aliphatic heterocycles. The van der Waals surface area contributed by atoms with Gasteiger partial charge in [0.05, 0.1) is 0 Å². The number of hydrogen-bond donors (Lipinski definition) is 0. The molecule has 0 radical (unpaired) electrons. The molecule has 2 aromatic rings. The Morgan fingerprint density at radius 3 is 2.80 bits per heavy atom. The second-order valence-corrected chi connectivity index (χ2v) is 7.51. The Morgan fingerprint density at radius 1 is 1.45 bits per heavy atom. The van der Waals surface area contributed by atoms with Gasteiger partial charge >= 0.3 is 0 Å². The van der Waals surface area contributed by atoms with Crippen molar-refractivity contribution < 1.29 is 8.42 Å². The van der Waals surface area contributed by atoms with Crippen molar-refractivity contribution in [2.45, 2.75) is 30.8 Å². The summed E-state index contributed by atoms with van der Waals surface area (Å²) in [4.78, 5) is 4.10. The van der Waals surface area contributed by atoms with Gasteiger partial charge in [0.2, 0.25) is 0 Å². The topological polar surface area (TPSA) is 54.7 Å². The Kier molecular flexibility index (Phi) is 3.27. The van der Waals surface area contributed by atoms with Crippen LogP contribution in [-0.4, -0.2) is 35.2 Å². The Morgan fingerprint density at radius 2 is 2.15 bits per heavy atom. The molecule has 0 saturated heterocycles. The Balaban J connectivity index is 2.11. The largest absolute Gasteiger partial charge is 0.288 e. The van der Waals surface area contributed by atoms with Gasteiger partial charge in [-0.2, -0.15) is 4.31 Å². The maximum Gasteiger partial charge on any atom is 0.262 e. The first kappa shape index (κ1) is 13.9. The summed E-state index contributed by atoms with van der Waals surface area (Å²) in [6.45, 7) is 1.94. The Labute approximate surface area is 123 Å². The van der Waals surface area contributed by atoms with Crippen molar-refractivity contribution in [1.82, 2.24) is 13.7 Å². The third-order valence-electron chi connectivity index (χ3n) is 3.95. The fraction of sp³-hybridized carbons (Fsp3) is 0.462. The van der Waals surface area contributed by atoms with Gasteiger partial charge in [-0.3, -0.25) is 4.40 Å². The van der Waals surface area contributed by atoms with Gasteiger partial charge in [-0.25, -0.2) is 13.4 Å². The van der Waals surface area contributed by atoms with Crippen LogP contribution in [0.3, 0.4) is 0 Å². The zero-order chi connectivity index (χ0) is 14.5. The molecule has 20 heavy (non-hydrogen) atoms. The van der Waals surface area contributed by atoms with E-state index in [1.165, 1.54) is 8.71 Å². The van der Waals surface area contributed by atoms with Gasteiger partial charge in [0.15, 0.2) is 10.2 Å². The minimum absolute atomic E-state index is 0.0195. The molecular weight excluding hydrogens is 298 g/mol. The minimum Gasteiger partial charge on any atom is -0.288 e. The minimum atomic E-state index is -3.66. The first-order chi connectivity index (χ1) is 9.43. The average molecular weight is 314 g/mol. The molecule has 1 aliphatic rings. The van der Waals surface area contributed by atoms with Crippen molar-refractivity contribution in [3.63, 3.8) is 0 Å². The quantitative estimate of drug-likeness (QED) is 0.871. The molecule has 108 valence electrons. The average Bonchev–Trinajstić information content (AvgIpc) is 3.18. The standard InChI is InChI=1S/C13H16ClN3O2S/c1-9(10-6-7-10)16(2)20(18,19)13-12(14)15-11-5-3-4-8-17(11)13/h3-5,8-10H,6-7H2,1-2H3. The molecule has 1 fully saturated rings. The highest BCUT2D eigenvalue weighted by atomic mass is 35.5. The highest BCUT2D eigenvalue weighted by Gasteiger charge is 2.38. The van der Waals surface area contributed by atoms with Crippen LogP contribution < -0.4 is 0 Å². The number of pyridine rings is 1. The molecule has 1 atom stereocenters. The van der Waals surface area contributed by atoms with Crippen molar-refractivity contribution >= 4 is 27.3 Å². The fourth-order valence-corrected chi connectivity index (χ4v) is 4.42. The second-order valence-electron chi connectivity index (χ2n) is 5.24. The lowest BCUT2D eigenvalue weighted by Crippen LogP contribution is -2.37. The molecule has 1 unspecified atom stereocenters. The van der Waals surface area contributed by atoms with Gasteiger partial charge < -0.3 is 0 Å². The molecule has 0 N–H and O–H groups in total. The number of nitrogens with zero attached hydrogens (tertiary/aromatic N) is 3. The molecule has 2 heterocycles. The van der Waals surface area contributed by atoms with Gasteiger partial charge in [-0.15, -0.1) is 0 Å². The highest BCUT2D eigenvalue weighted by Crippen LogP contribution is 2.37. The summed E-state index contributed by atoms with van der Waals surface area (Å²) >= 11 is 6.06. The number of rotatable bonds is 4. The van der Waals surface area contributed by atoms with Crippen molar-refractivity contribution in [3.05, 3.63) is 29.5 Å². The number of imidazole rings is 1. The van der Waals surface area contributed by atoms with Gasteiger partial charge in [-0.05, 0) is 37.8 Å². The van der Waals surface area contributed by atoms with E-state index in [0.29, 0.717) is 11.6 Å². The smallest absolute Gasteiger partial charge is 0.262 e. The SMILES string of the molecule is CC(C1CC1)N(C)S(=O)(=O)c1c(Cl)nc2ccccn12.